The molecule has 0 spiro atoms. The molecule has 0 atom stereocenters. The summed E-state index contributed by atoms with van der Waals surface area (Å²) in [6, 6.07) is 0. The van der Waals surface area contributed by atoms with Crippen LogP contribution in [0.3, 0.4) is 0 Å². The van der Waals surface area contributed by atoms with E-state index in [1.807, 2.05) is 19.2 Å². The highest BCUT2D eigenvalue weighted by Crippen LogP contribution is 2.18. The van der Waals surface area contributed by atoms with E-state index in [9.17, 15) is 4.80 Å². The van der Waals surface area contributed by atoms with Crippen LogP contribution >= 0.6 is 0 Å². The van der Waals surface area contributed by atoms with Gasteiger partial charge in [0.1, 0.15) is 5.38 Å². The molecule has 0 aromatic heterocycles. The first-order valence-corrected chi connectivity index (χ1v) is 6.61. The second-order valence-corrected chi connectivity index (χ2v) is 6.73. The highest BCUT2D eigenvalue weighted by Gasteiger charge is 2.26. The molecule has 2 nitrogen and oxygen atoms in total. The van der Waals surface area contributed by atoms with Crippen LogP contribution in [0.15, 0.2) is 11.5 Å². The summed E-state index contributed by atoms with van der Waals surface area (Å²) in [4.78, 5) is 9.59. The lowest BCUT2D eigenvalue weighted by Crippen LogP contribution is -2.31. The molecule has 0 amide bonds. The average molecular weight is 158 g/mol. The third-order valence-electron chi connectivity index (χ3n) is 1.54. The summed E-state index contributed by atoms with van der Waals surface area (Å²) < 4.78 is 5.32. The summed E-state index contributed by atoms with van der Waals surface area (Å²) in [6.07, 6.45) is 4.18. The van der Waals surface area contributed by atoms with Crippen LogP contribution in [0.2, 0.25) is 13.1 Å². The van der Waals surface area contributed by atoms with Gasteiger partial charge in [-0.1, -0.05) is 0 Å². The van der Waals surface area contributed by atoms with E-state index in [1.54, 1.807) is 0 Å². The molecule has 0 saturated heterocycles. The summed E-state index contributed by atoms with van der Waals surface area (Å²) >= 11 is 0. The van der Waals surface area contributed by atoms with Crippen molar-refractivity contribution in [2.45, 2.75) is 25.9 Å². The molecule has 0 aliphatic carbocycles. The van der Waals surface area contributed by atoms with E-state index in [1.165, 1.54) is 0 Å². The van der Waals surface area contributed by atoms with Gasteiger partial charge in [-0.25, -0.2) is 0 Å². The van der Waals surface area contributed by atoms with Gasteiger partial charge >= 0.3 is 0 Å². The van der Waals surface area contributed by atoms with Crippen LogP contribution in [0, 0.1) is 0 Å². The molecule has 3 heteroatoms. The fraction of sp³-hybridized carbons (Fsp3) is 0.714. The third-order valence-corrected chi connectivity index (χ3v) is 3.09. The Kier molecular flexibility index (Phi) is 2.16. The molecule has 0 fully saturated rings. The molecule has 0 radical (unpaired) electrons. The molecule has 0 unspecified atom stereocenters. The maximum atomic E-state index is 9.59. The molecule has 1 rings (SSSR count). The highest BCUT2D eigenvalue weighted by atomic mass is 28.4. The topological polar surface area (TPSA) is 29.5 Å². The summed E-state index contributed by atoms with van der Waals surface area (Å²) in [6.45, 7) is 4.54. The first kappa shape index (κ1) is 7.82. The standard InChI is InChI=1S/C7H14O2Si/c1-10(2,8)7-5-3-4-6-9-7/h5,8H,3-4,6H2,1-2H3. The van der Waals surface area contributed by atoms with E-state index in [2.05, 4.69) is 0 Å². The normalized spacial score (nSPS) is 19.7. The van der Waals surface area contributed by atoms with E-state index >= 15 is 0 Å². The molecule has 10 heavy (non-hydrogen) atoms. The van der Waals surface area contributed by atoms with Gasteiger partial charge in [0.05, 0.1) is 6.61 Å². The minimum atomic E-state index is -2.12. The second-order valence-electron chi connectivity index (χ2n) is 3.12. The molecule has 58 valence electrons. The van der Waals surface area contributed by atoms with Crippen molar-refractivity contribution in [1.82, 2.24) is 0 Å². The maximum absolute atomic E-state index is 9.59. The largest absolute Gasteiger partial charge is 0.500 e. The minimum absolute atomic E-state index is 0.781. The van der Waals surface area contributed by atoms with Gasteiger partial charge in [-0.05, 0) is 32.0 Å². The number of hydrogen-bond acceptors (Lipinski definition) is 2. The lowest BCUT2D eigenvalue weighted by molar-refractivity contribution is 0.205. The number of hydrogen-bond donors (Lipinski definition) is 1. The smallest absolute Gasteiger partial charge is 0.253 e. The fourth-order valence-corrected chi connectivity index (χ4v) is 2.08. The zero-order chi connectivity index (χ0) is 7.61. The van der Waals surface area contributed by atoms with Crippen LogP contribution in [0.5, 0.6) is 0 Å². The van der Waals surface area contributed by atoms with E-state index < -0.39 is 8.32 Å². The molecule has 1 heterocycles. The van der Waals surface area contributed by atoms with Gasteiger partial charge in [0.25, 0.3) is 8.32 Å². The molecular weight excluding hydrogens is 144 g/mol. The van der Waals surface area contributed by atoms with Crippen LogP contribution < -0.4 is 0 Å². The van der Waals surface area contributed by atoms with Crippen molar-refractivity contribution in [3.05, 3.63) is 11.5 Å². The number of ether oxygens (including phenoxy) is 1. The Morgan fingerprint density at radius 2 is 2.30 bits per heavy atom. The Hall–Kier alpha value is -0.283. The Morgan fingerprint density at radius 3 is 2.60 bits per heavy atom. The van der Waals surface area contributed by atoms with E-state index in [0.717, 1.165) is 24.8 Å². The van der Waals surface area contributed by atoms with E-state index in [4.69, 9.17) is 4.74 Å². The quantitative estimate of drug-likeness (QED) is 0.585. The molecular formula is C7H14O2Si. The summed E-state index contributed by atoms with van der Waals surface area (Å²) in [5.74, 6) is 0. The van der Waals surface area contributed by atoms with Crippen LogP contribution in [0.25, 0.3) is 0 Å². The second kappa shape index (κ2) is 2.76. The number of rotatable bonds is 1. The van der Waals surface area contributed by atoms with Crippen LogP contribution in [-0.4, -0.2) is 19.7 Å². The van der Waals surface area contributed by atoms with Gasteiger partial charge in [0.15, 0.2) is 0 Å². The molecule has 0 aromatic rings. The summed E-state index contributed by atoms with van der Waals surface area (Å²) in [5, 5.41) is 0.860. The maximum Gasteiger partial charge on any atom is 0.253 e. The van der Waals surface area contributed by atoms with Gasteiger partial charge in [0, 0.05) is 0 Å². The third kappa shape index (κ3) is 1.85. The summed E-state index contributed by atoms with van der Waals surface area (Å²) in [7, 11) is -2.12. The van der Waals surface area contributed by atoms with Crippen molar-refractivity contribution >= 4 is 8.32 Å². The lowest BCUT2D eigenvalue weighted by atomic mass is 10.3. The predicted molar refractivity (Wildman–Crippen MR) is 43.0 cm³/mol. The van der Waals surface area contributed by atoms with Gasteiger partial charge in [-0.2, -0.15) is 0 Å². The van der Waals surface area contributed by atoms with Crippen LogP contribution in [-0.2, 0) is 4.74 Å². The first-order valence-electron chi connectivity index (χ1n) is 3.66. The molecule has 1 aliphatic rings. The fourth-order valence-electron chi connectivity index (χ4n) is 0.984. The monoisotopic (exact) mass is 158 g/mol. The molecule has 1 N–H and O–H groups in total. The Morgan fingerprint density at radius 1 is 1.60 bits per heavy atom. The first-order chi connectivity index (χ1) is 4.61. The van der Waals surface area contributed by atoms with Gasteiger partial charge in [-0.3, -0.25) is 0 Å². The van der Waals surface area contributed by atoms with Gasteiger partial charge < -0.3 is 9.53 Å². The molecule has 0 bridgehead atoms. The number of allylic oxidation sites excluding steroid dienone is 1. The molecule has 0 saturated carbocycles. The Bertz CT molecular complexity index is 146. The summed E-state index contributed by atoms with van der Waals surface area (Å²) in [5.41, 5.74) is 0. The van der Waals surface area contributed by atoms with Gasteiger partial charge in [-0.15, -0.1) is 0 Å². The van der Waals surface area contributed by atoms with Crippen molar-refractivity contribution in [1.29, 1.82) is 0 Å². The van der Waals surface area contributed by atoms with Crippen molar-refractivity contribution in [3.8, 4) is 0 Å². The van der Waals surface area contributed by atoms with Crippen LogP contribution in [0.4, 0.5) is 0 Å². The van der Waals surface area contributed by atoms with Crippen molar-refractivity contribution < 1.29 is 9.53 Å². The Balaban J connectivity index is 2.62. The van der Waals surface area contributed by atoms with Gasteiger partial charge in [0.2, 0.25) is 0 Å². The van der Waals surface area contributed by atoms with Crippen LogP contribution in [0.1, 0.15) is 12.8 Å². The average Bonchev–Trinajstić information content (AvgIpc) is 1.88. The SMILES string of the molecule is C[Si](C)(O)C1=CCCCO1. The molecule has 0 aromatic carbocycles. The van der Waals surface area contributed by atoms with Crippen molar-refractivity contribution in [2.24, 2.45) is 0 Å². The van der Waals surface area contributed by atoms with E-state index in [-0.39, 0.29) is 0 Å². The molecule has 1 aliphatic heterocycles. The lowest BCUT2D eigenvalue weighted by Gasteiger charge is -2.22. The predicted octanol–water partition coefficient (Wildman–Crippen LogP) is 1.42. The Labute approximate surface area is 62.6 Å². The zero-order valence-electron chi connectivity index (χ0n) is 6.55. The van der Waals surface area contributed by atoms with Crippen molar-refractivity contribution in [3.63, 3.8) is 0 Å². The zero-order valence-corrected chi connectivity index (χ0v) is 7.55. The van der Waals surface area contributed by atoms with Crippen molar-refractivity contribution in [2.75, 3.05) is 6.61 Å². The van der Waals surface area contributed by atoms with E-state index in [0.29, 0.717) is 0 Å². The highest BCUT2D eigenvalue weighted by molar-refractivity contribution is 6.76. The minimum Gasteiger partial charge on any atom is -0.500 e.